The molecule has 2 aromatic rings. The van der Waals surface area contributed by atoms with Gasteiger partial charge in [-0.2, -0.15) is 0 Å². The molecule has 0 aliphatic heterocycles. The van der Waals surface area contributed by atoms with E-state index in [2.05, 4.69) is 4.98 Å². The van der Waals surface area contributed by atoms with Gasteiger partial charge in [-0.25, -0.2) is 17.7 Å². The number of aromatic nitrogens is 1. The van der Waals surface area contributed by atoms with E-state index in [-0.39, 0.29) is 4.34 Å². The van der Waals surface area contributed by atoms with Crippen molar-refractivity contribution in [2.75, 3.05) is 14.1 Å². The molecule has 0 amide bonds. The summed E-state index contributed by atoms with van der Waals surface area (Å²) in [4.78, 5) is 4.09. The predicted octanol–water partition coefficient (Wildman–Crippen LogP) is 2.57. The Labute approximate surface area is 106 Å². The fourth-order valence-corrected chi connectivity index (χ4v) is 3.48. The SMILES string of the molecule is CC.CN(C)S(=O)(=O)c1nc2ccccc2s1. The zero-order chi connectivity index (χ0) is 13.1. The van der Waals surface area contributed by atoms with Gasteiger partial charge < -0.3 is 0 Å². The zero-order valence-corrected chi connectivity index (χ0v) is 12.0. The maximum Gasteiger partial charge on any atom is 0.269 e. The molecule has 2 rings (SSSR count). The summed E-state index contributed by atoms with van der Waals surface area (Å²) in [7, 11) is -0.395. The van der Waals surface area contributed by atoms with Crippen LogP contribution in [0, 0.1) is 0 Å². The lowest BCUT2D eigenvalue weighted by atomic mass is 10.3. The molecule has 0 radical (unpaired) electrons. The van der Waals surface area contributed by atoms with Crippen LogP contribution in [0.5, 0.6) is 0 Å². The van der Waals surface area contributed by atoms with Gasteiger partial charge in [0.05, 0.1) is 10.2 Å². The highest BCUT2D eigenvalue weighted by Crippen LogP contribution is 2.26. The standard InChI is InChI=1S/C9H10N2O2S2.C2H6/c1-11(2)15(12,13)9-10-7-5-3-4-6-8(7)14-9;1-2/h3-6H,1-2H3;1-2H3. The summed E-state index contributed by atoms with van der Waals surface area (Å²) in [6.07, 6.45) is 0. The van der Waals surface area contributed by atoms with Gasteiger partial charge in [-0.1, -0.05) is 26.0 Å². The number of nitrogens with zero attached hydrogens (tertiary/aromatic N) is 2. The molecule has 4 nitrogen and oxygen atoms in total. The van der Waals surface area contributed by atoms with Crippen molar-refractivity contribution < 1.29 is 8.42 Å². The number of thiazole rings is 1. The van der Waals surface area contributed by atoms with E-state index >= 15 is 0 Å². The Morgan fingerprint density at radius 1 is 1.18 bits per heavy atom. The molecule has 0 N–H and O–H groups in total. The Hall–Kier alpha value is -0.980. The average molecular weight is 272 g/mol. The molecule has 0 fully saturated rings. The molecule has 1 heterocycles. The van der Waals surface area contributed by atoms with Gasteiger partial charge in [0.2, 0.25) is 4.34 Å². The number of para-hydroxylation sites is 1. The minimum absolute atomic E-state index is 0.147. The summed E-state index contributed by atoms with van der Waals surface area (Å²) in [6, 6.07) is 7.38. The lowest BCUT2D eigenvalue weighted by Gasteiger charge is -2.06. The predicted molar refractivity (Wildman–Crippen MR) is 71.8 cm³/mol. The highest BCUT2D eigenvalue weighted by atomic mass is 32.2. The second kappa shape index (κ2) is 5.57. The number of fused-ring (bicyclic) bond motifs is 1. The lowest BCUT2D eigenvalue weighted by molar-refractivity contribution is 0.520. The van der Waals surface area contributed by atoms with Crippen molar-refractivity contribution in [2.24, 2.45) is 0 Å². The first-order valence-corrected chi connectivity index (χ1v) is 7.55. The maximum atomic E-state index is 11.8. The van der Waals surface area contributed by atoms with Crippen LogP contribution in [-0.4, -0.2) is 31.8 Å². The molecule has 0 spiro atoms. The molecule has 0 saturated heterocycles. The second-order valence-electron chi connectivity index (χ2n) is 3.23. The molecule has 0 saturated carbocycles. The molecule has 0 aliphatic rings. The summed E-state index contributed by atoms with van der Waals surface area (Å²) in [5.74, 6) is 0. The third-order valence-electron chi connectivity index (χ3n) is 1.98. The van der Waals surface area contributed by atoms with Crippen LogP contribution >= 0.6 is 11.3 Å². The third-order valence-corrected chi connectivity index (χ3v) is 5.18. The van der Waals surface area contributed by atoms with Gasteiger partial charge in [0, 0.05) is 14.1 Å². The van der Waals surface area contributed by atoms with Crippen LogP contribution in [0.3, 0.4) is 0 Å². The zero-order valence-electron chi connectivity index (χ0n) is 10.3. The molecule has 0 atom stereocenters. The first-order valence-electron chi connectivity index (χ1n) is 5.30. The smallest absolute Gasteiger partial charge is 0.224 e. The minimum Gasteiger partial charge on any atom is -0.224 e. The molecule has 1 aromatic heterocycles. The number of hydrogen-bond acceptors (Lipinski definition) is 4. The maximum absolute atomic E-state index is 11.8. The van der Waals surface area contributed by atoms with E-state index in [9.17, 15) is 8.42 Å². The Morgan fingerprint density at radius 3 is 2.29 bits per heavy atom. The van der Waals surface area contributed by atoms with Gasteiger partial charge in [-0.15, -0.1) is 11.3 Å². The summed E-state index contributed by atoms with van der Waals surface area (Å²) < 4.78 is 25.8. The van der Waals surface area contributed by atoms with E-state index in [0.29, 0.717) is 0 Å². The van der Waals surface area contributed by atoms with Crippen molar-refractivity contribution >= 4 is 31.6 Å². The molecule has 94 valence electrons. The topological polar surface area (TPSA) is 50.3 Å². The minimum atomic E-state index is -3.40. The number of sulfonamides is 1. The first-order chi connectivity index (χ1) is 8.01. The Balaban J connectivity index is 0.000000686. The van der Waals surface area contributed by atoms with Gasteiger partial charge in [0.25, 0.3) is 10.0 Å². The fourth-order valence-electron chi connectivity index (χ4n) is 1.12. The molecule has 1 aromatic carbocycles. The summed E-state index contributed by atoms with van der Waals surface area (Å²) in [5.41, 5.74) is 0.725. The largest absolute Gasteiger partial charge is 0.269 e. The van der Waals surface area contributed by atoms with Crippen molar-refractivity contribution in [3.05, 3.63) is 24.3 Å². The number of benzene rings is 1. The average Bonchev–Trinajstić information content (AvgIpc) is 2.75. The van der Waals surface area contributed by atoms with Gasteiger partial charge in [0.1, 0.15) is 0 Å². The van der Waals surface area contributed by atoms with Crippen LogP contribution in [0.2, 0.25) is 0 Å². The highest BCUT2D eigenvalue weighted by molar-refractivity contribution is 7.91. The van der Waals surface area contributed by atoms with E-state index in [1.807, 2.05) is 32.0 Å². The van der Waals surface area contributed by atoms with Crippen LogP contribution in [0.1, 0.15) is 13.8 Å². The van der Waals surface area contributed by atoms with E-state index in [0.717, 1.165) is 10.2 Å². The Morgan fingerprint density at radius 2 is 1.76 bits per heavy atom. The van der Waals surface area contributed by atoms with E-state index < -0.39 is 10.0 Å². The quantitative estimate of drug-likeness (QED) is 0.844. The second-order valence-corrected chi connectivity index (χ2v) is 6.59. The van der Waals surface area contributed by atoms with Crippen LogP contribution in [0.4, 0.5) is 0 Å². The Kier molecular flexibility index (Phi) is 4.62. The van der Waals surface area contributed by atoms with Crippen LogP contribution < -0.4 is 0 Å². The van der Waals surface area contributed by atoms with Crippen molar-refractivity contribution in [1.29, 1.82) is 0 Å². The third kappa shape index (κ3) is 2.83. The molecular formula is C11H16N2O2S2. The molecule has 0 aliphatic carbocycles. The molecule has 6 heteroatoms. The summed E-state index contributed by atoms with van der Waals surface area (Å²) in [5, 5.41) is 0. The molecule has 0 unspecified atom stereocenters. The van der Waals surface area contributed by atoms with Crippen molar-refractivity contribution in [2.45, 2.75) is 18.2 Å². The van der Waals surface area contributed by atoms with Gasteiger partial charge in [0.15, 0.2) is 0 Å². The normalized spacial score (nSPS) is 11.4. The number of hydrogen-bond donors (Lipinski definition) is 0. The fraction of sp³-hybridized carbons (Fsp3) is 0.364. The van der Waals surface area contributed by atoms with Gasteiger partial charge in [-0.3, -0.25) is 0 Å². The number of rotatable bonds is 2. The lowest BCUT2D eigenvalue weighted by Crippen LogP contribution is -2.21. The van der Waals surface area contributed by atoms with E-state index in [1.54, 1.807) is 6.07 Å². The van der Waals surface area contributed by atoms with Crippen LogP contribution in [-0.2, 0) is 10.0 Å². The summed E-state index contributed by atoms with van der Waals surface area (Å²) >= 11 is 1.19. The van der Waals surface area contributed by atoms with Crippen LogP contribution in [0.15, 0.2) is 28.6 Å². The molecule has 17 heavy (non-hydrogen) atoms. The van der Waals surface area contributed by atoms with Crippen molar-refractivity contribution in [1.82, 2.24) is 9.29 Å². The van der Waals surface area contributed by atoms with Gasteiger partial charge >= 0.3 is 0 Å². The van der Waals surface area contributed by atoms with E-state index in [4.69, 9.17) is 0 Å². The van der Waals surface area contributed by atoms with E-state index in [1.165, 1.54) is 29.7 Å². The van der Waals surface area contributed by atoms with Crippen LogP contribution in [0.25, 0.3) is 10.2 Å². The highest BCUT2D eigenvalue weighted by Gasteiger charge is 2.21. The monoisotopic (exact) mass is 272 g/mol. The Bertz CT molecular complexity index is 555. The summed E-state index contributed by atoms with van der Waals surface area (Å²) in [6.45, 7) is 4.00. The van der Waals surface area contributed by atoms with Crippen molar-refractivity contribution in [3.8, 4) is 0 Å². The first kappa shape index (κ1) is 14.1. The van der Waals surface area contributed by atoms with Crippen molar-refractivity contribution in [3.63, 3.8) is 0 Å². The van der Waals surface area contributed by atoms with Gasteiger partial charge in [-0.05, 0) is 12.1 Å². The molecular weight excluding hydrogens is 256 g/mol. The molecule has 0 bridgehead atoms.